The smallest absolute Gasteiger partial charge is 0.255 e. The van der Waals surface area contributed by atoms with Crippen LogP contribution in [0.3, 0.4) is 0 Å². The van der Waals surface area contributed by atoms with E-state index in [1.165, 1.54) is 0 Å². The van der Waals surface area contributed by atoms with Crippen LogP contribution in [0.5, 0.6) is 0 Å². The number of amides is 1. The van der Waals surface area contributed by atoms with Gasteiger partial charge in [0.2, 0.25) is 5.88 Å². The Morgan fingerprint density at radius 2 is 2.32 bits per heavy atom. The molecule has 1 aromatic rings. The Hall–Kier alpha value is -2.11. The summed E-state index contributed by atoms with van der Waals surface area (Å²) in [7, 11) is 0. The molecule has 6 nitrogen and oxygen atoms in total. The summed E-state index contributed by atoms with van der Waals surface area (Å²) in [6.07, 6.45) is 1.71. The summed E-state index contributed by atoms with van der Waals surface area (Å²) in [6.45, 7) is 7.15. The normalized spacial score (nSPS) is 16.4. The molecule has 0 radical (unpaired) electrons. The van der Waals surface area contributed by atoms with Gasteiger partial charge in [0.05, 0.1) is 17.7 Å². The van der Waals surface area contributed by atoms with E-state index in [9.17, 15) is 4.79 Å². The maximum atomic E-state index is 12.3. The van der Waals surface area contributed by atoms with E-state index in [0.29, 0.717) is 17.2 Å². The second kappa shape index (κ2) is 4.22. The van der Waals surface area contributed by atoms with Crippen molar-refractivity contribution in [3.05, 3.63) is 16.9 Å². The van der Waals surface area contributed by atoms with Gasteiger partial charge in [0.25, 0.3) is 5.91 Å². The molecule has 6 heteroatoms. The van der Waals surface area contributed by atoms with Gasteiger partial charge in [-0.2, -0.15) is 0 Å². The molecule has 1 amide bonds. The predicted molar refractivity (Wildman–Crippen MR) is 72.3 cm³/mol. The van der Waals surface area contributed by atoms with Crippen LogP contribution in [0.25, 0.3) is 0 Å². The number of nitrogens with zero attached hydrogens (tertiary/aromatic N) is 3. The van der Waals surface area contributed by atoms with Crippen LogP contribution in [-0.2, 0) is 0 Å². The van der Waals surface area contributed by atoms with Crippen molar-refractivity contribution in [2.45, 2.75) is 26.8 Å². The van der Waals surface area contributed by atoms with Crippen LogP contribution in [0.2, 0.25) is 0 Å². The summed E-state index contributed by atoms with van der Waals surface area (Å²) < 4.78 is 5.58. The molecule has 2 aliphatic heterocycles. The maximum absolute atomic E-state index is 12.3. The summed E-state index contributed by atoms with van der Waals surface area (Å²) in [4.78, 5) is 22.9. The largest absolute Gasteiger partial charge is 0.442 e. The van der Waals surface area contributed by atoms with Crippen LogP contribution in [-0.4, -0.2) is 42.1 Å². The Kier molecular flexibility index (Phi) is 2.66. The first-order valence-corrected chi connectivity index (χ1v) is 6.38. The van der Waals surface area contributed by atoms with Gasteiger partial charge < -0.3 is 14.6 Å². The van der Waals surface area contributed by atoms with E-state index >= 15 is 0 Å². The van der Waals surface area contributed by atoms with E-state index in [2.05, 4.69) is 15.3 Å². The highest BCUT2D eigenvalue weighted by Crippen LogP contribution is 2.34. The Morgan fingerprint density at radius 3 is 3.05 bits per heavy atom. The molecule has 0 atom stereocenters. The van der Waals surface area contributed by atoms with E-state index < -0.39 is 0 Å². The van der Waals surface area contributed by atoms with Crippen molar-refractivity contribution in [1.82, 2.24) is 10.2 Å². The zero-order chi connectivity index (χ0) is 13.6. The second-order valence-electron chi connectivity index (χ2n) is 4.98. The highest BCUT2D eigenvalue weighted by atomic mass is 16.4. The molecule has 0 spiro atoms. The molecule has 2 aliphatic rings. The molecule has 0 unspecified atom stereocenters. The standard InChI is InChI=1S/C13H16N4O2/c1-7(2)16-12(18)9-8(3)19-13-10(9)11-14-4-5-17(11)6-15-13/h6-7H,4-5H2,1-3H3,(H,16,18). The number of furan rings is 1. The molecule has 0 fully saturated rings. The molecule has 19 heavy (non-hydrogen) atoms. The minimum atomic E-state index is -0.135. The third-order valence-electron chi connectivity index (χ3n) is 3.13. The Labute approximate surface area is 111 Å². The molecule has 1 aromatic heterocycles. The highest BCUT2D eigenvalue weighted by Gasteiger charge is 2.33. The van der Waals surface area contributed by atoms with E-state index in [1.807, 2.05) is 18.7 Å². The first-order chi connectivity index (χ1) is 9.08. The average molecular weight is 260 g/mol. The monoisotopic (exact) mass is 260 g/mol. The van der Waals surface area contributed by atoms with Gasteiger partial charge in [0.15, 0.2) is 0 Å². The highest BCUT2D eigenvalue weighted by molar-refractivity contribution is 6.17. The van der Waals surface area contributed by atoms with Gasteiger partial charge >= 0.3 is 0 Å². The predicted octanol–water partition coefficient (Wildman–Crippen LogP) is 1.46. The quantitative estimate of drug-likeness (QED) is 0.875. The summed E-state index contributed by atoms with van der Waals surface area (Å²) in [5, 5.41) is 2.89. The van der Waals surface area contributed by atoms with Crippen molar-refractivity contribution >= 4 is 24.0 Å². The van der Waals surface area contributed by atoms with Gasteiger partial charge in [-0.15, -0.1) is 0 Å². The zero-order valence-electron chi connectivity index (χ0n) is 11.2. The zero-order valence-corrected chi connectivity index (χ0v) is 11.2. The number of fused-ring (bicyclic) bond motifs is 3. The van der Waals surface area contributed by atoms with Crippen molar-refractivity contribution in [2.75, 3.05) is 13.1 Å². The second-order valence-corrected chi connectivity index (χ2v) is 4.98. The topological polar surface area (TPSA) is 70.2 Å². The number of hydrogen-bond acceptors (Lipinski definition) is 5. The molecular formula is C13H16N4O2. The molecule has 0 saturated heterocycles. The van der Waals surface area contributed by atoms with Gasteiger partial charge in [0, 0.05) is 12.6 Å². The SMILES string of the molecule is Cc1oc2c(c1C(=O)NC(C)C)C1=NCCN1C=N2. The van der Waals surface area contributed by atoms with Crippen molar-refractivity contribution < 1.29 is 9.21 Å². The minimum Gasteiger partial charge on any atom is -0.442 e. The van der Waals surface area contributed by atoms with Crippen LogP contribution >= 0.6 is 0 Å². The van der Waals surface area contributed by atoms with E-state index in [0.717, 1.165) is 24.5 Å². The lowest BCUT2D eigenvalue weighted by Crippen LogP contribution is -2.34. The van der Waals surface area contributed by atoms with Gasteiger partial charge in [-0.1, -0.05) is 0 Å². The molecule has 1 N–H and O–H groups in total. The first-order valence-electron chi connectivity index (χ1n) is 6.38. The van der Waals surface area contributed by atoms with E-state index in [4.69, 9.17) is 4.42 Å². The molecular weight excluding hydrogens is 244 g/mol. The number of aliphatic imine (C=N–C) groups is 2. The fourth-order valence-electron chi connectivity index (χ4n) is 2.35. The fraction of sp³-hybridized carbons (Fsp3) is 0.462. The molecule has 100 valence electrons. The first kappa shape index (κ1) is 12.0. The lowest BCUT2D eigenvalue weighted by molar-refractivity contribution is 0.0941. The Morgan fingerprint density at radius 1 is 1.53 bits per heavy atom. The maximum Gasteiger partial charge on any atom is 0.255 e. The number of hydrogen-bond donors (Lipinski definition) is 1. The third-order valence-corrected chi connectivity index (χ3v) is 3.13. The van der Waals surface area contributed by atoms with Crippen LogP contribution in [0, 0.1) is 6.92 Å². The molecule has 0 bridgehead atoms. The van der Waals surface area contributed by atoms with Crippen molar-refractivity contribution in [3.63, 3.8) is 0 Å². The number of aryl methyl sites for hydroxylation is 1. The molecule has 0 aromatic carbocycles. The molecule has 3 rings (SSSR count). The van der Waals surface area contributed by atoms with Crippen LogP contribution in [0.1, 0.15) is 35.5 Å². The number of carbonyl (C=O) groups is 1. The van der Waals surface area contributed by atoms with Gasteiger partial charge in [-0.25, -0.2) is 4.99 Å². The summed E-state index contributed by atoms with van der Waals surface area (Å²) in [5.74, 6) is 1.71. The number of nitrogens with one attached hydrogen (secondary N) is 1. The van der Waals surface area contributed by atoms with Crippen molar-refractivity contribution in [2.24, 2.45) is 9.98 Å². The fourth-order valence-corrected chi connectivity index (χ4v) is 2.35. The van der Waals surface area contributed by atoms with E-state index in [-0.39, 0.29) is 11.9 Å². The number of rotatable bonds is 2. The average Bonchev–Trinajstić information content (AvgIpc) is 2.89. The van der Waals surface area contributed by atoms with Crippen LogP contribution < -0.4 is 5.32 Å². The van der Waals surface area contributed by atoms with Gasteiger partial charge in [-0.3, -0.25) is 9.79 Å². The Balaban J connectivity index is 2.09. The minimum absolute atomic E-state index is 0.0751. The summed E-state index contributed by atoms with van der Waals surface area (Å²) >= 11 is 0. The lowest BCUT2D eigenvalue weighted by atomic mass is 10.1. The molecule has 3 heterocycles. The van der Waals surface area contributed by atoms with Gasteiger partial charge in [0.1, 0.15) is 17.9 Å². The van der Waals surface area contributed by atoms with Crippen LogP contribution in [0.15, 0.2) is 14.4 Å². The summed E-state index contributed by atoms with van der Waals surface area (Å²) in [5.41, 5.74) is 1.27. The van der Waals surface area contributed by atoms with Crippen molar-refractivity contribution in [1.29, 1.82) is 0 Å². The number of carbonyl (C=O) groups excluding carboxylic acids is 1. The van der Waals surface area contributed by atoms with Crippen molar-refractivity contribution in [3.8, 4) is 0 Å². The molecule has 0 aliphatic carbocycles. The number of amidine groups is 1. The lowest BCUT2D eigenvalue weighted by Gasteiger charge is -2.18. The van der Waals surface area contributed by atoms with E-state index in [1.54, 1.807) is 13.3 Å². The van der Waals surface area contributed by atoms with Crippen LogP contribution in [0.4, 0.5) is 5.88 Å². The molecule has 0 saturated carbocycles. The Bertz CT molecular complexity index is 598. The van der Waals surface area contributed by atoms with Gasteiger partial charge in [-0.05, 0) is 20.8 Å². The third kappa shape index (κ3) is 1.83. The summed E-state index contributed by atoms with van der Waals surface area (Å²) in [6, 6.07) is 0.0751.